The van der Waals surface area contributed by atoms with Crippen LogP contribution in [0.1, 0.15) is 22.8 Å². The Morgan fingerprint density at radius 3 is 2.35 bits per heavy atom. The van der Waals surface area contributed by atoms with Gasteiger partial charge in [-0.15, -0.1) is 9.93 Å². The van der Waals surface area contributed by atoms with Crippen molar-refractivity contribution >= 4 is 15.9 Å². The van der Waals surface area contributed by atoms with Crippen LogP contribution >= 0.6 is 0 Å². The van der Waals surface area contributed by atoms with Crippen LogP contribution in [-0.4, -0.2) is 34.5 Å². The van der Waals surface area contributed by atoms with Gasteiger partial charge in [0.1, 0.15) is 6.33 Å². The molecule has 9 nitrogen and oxygen atoms in total. The van der Waals surface area contributed by atoms with Gasteiger partial charge in [0.25, 0.3) is 15.9 Å². The fraction of sp³-hybridized carbons (Fsp3) is 0.125. The van der Waals surface area contributed by atoms with Crippen LogP contribution in [0.4, 0.5) is 0 Å². The molecule has 0 aliphatic carbocycles. The molecule has 0 atom stereocenters. The van der Waals surface area contributed by atoms with Crippen LogP contribution in [0, 0.1) is 0 Å². The van der Waals surface area contributed by atoms with Crippen molar-refractivity contribution in [3.05, 3.63) is 66.0 Å². The Balaban J connectivity index is 1.65. The lowest BCUT2D eigenvalue weighted by Crippen LogP contribution is -2.41. The summed E-state index contributed by atoms with van der Waals surface area (Å²) in [6, 6.07) is 12.8. The van der Waals surface area contributed by atoms with E-state index in [9.17, 15) is 13.2 Å². The Kier molecular flexibility index (Phi) is 5.05. The molecule has 0 radical (unpaired) electrons. The molecule has 26 heavy (non-hydrogen) atoms. The number of hydrogen-bond acceptors (Lipinski definition) is 6. The number of amides is 1. The highest BCUT2D eigenvalue weighted by atomic mass is 32.2. The molecular weight excluding hydrogens is 356 g/mol. The Hall–Kier alpha value is -3.11. The summed E-state index contributed by atoms with van der Waals surface area (Å²) < 4.78 is 25.9. The van der Waals surface area contributed by atoms with Gasteiger partial charge in [-0.2, -0.15) is 0 Å². The number of aromatic nitrogens is 4. The molecule has 1 heterocycles. The Morgan fingerprint density at radius 2 is 1.77 bits per heavy atom. The largest absolute Gasteiger partial charge is 0.273 e. The summed E-state index contributed by atoms with van der Waals surface area (Å²) in [5.74, 6) is -0.581. The fourth-order valence-corrected chi connectivity index (χ4v) is 3.03. The number of sulfonamides is 1. The average molecular weight is 372 g/mol. The van der Waals surface area contributed by atoms with Crippen LogP contribution in [0.3, 0.4) is 0 Å². The van der Waals surface area contributed by atoms with Crippen LogP contribution in [0.2, 0.25) is 0 Å². The molecule has 0 bridgehead atoms. The van der Waals surface area contributed by atoms with Crippen LogP contribution in [0.25, 0.3) is 5.69 Å². The van der Waals surface area contributed by atoms with Crippen molar-refractivity contribution in [1.82, 2.24) is 30.5 Å². The third-order valence-corrected chi connectivity index (χ3v) is 4.95. The monoisotopic (exact) mass is 372 g/mol. The number of rotatable bonds is 6. The van der Waals surface area contributed by atoms with Crippen LogP contribution in [-0.2, 0) is 16.4 Å². The molecule has 3 rings (SSSR count). The molecule has 1 aromatic heterocycles. The van der Waals surface area contributed by atoms with Crippen molar-refractivity contribution in [3.63, 3.8) is 0 Å². The van der Waals surface area contributed by atoms with E-state index >= 15 is 0 Å². The zero-order chi connectivity index (χ0) is 18.6. The number of hydrazine groups is 1. The number of carbonyl (C=O) groups is 1. The van der Waals surface area contributed by atoms with E-state index in [2.05, 4.69) is 25.8 Å². The Morgan fingerprint density at radius 1 is 1.08 bits per heavy atom. The van der Waals surface area contributed by atoms with E-state index in [1.807, 2.05) is 6.92 Å². The van der Waals surface area contributed by atoms with Crippen molar-refractivity contribution in [2.24, 2.45) is 0 Å². The third kappa shape index (κ3) is 3.92. The first-order valence-electron chi connectivity index (χ1n) is 7.74. The number of nitrogens with zero attached hydrogens (tertiary/aromatic N) is 4. The van der Waals surface area contributed by atoms with Gasteiger partial charge in [0.15, 0.2) is 0 Å². The fourth-order valence-electron chi connectivity index (χ4n) is 2.19. The summed E-state index contributed by atoms with van der Waals surface area (Å²) >= 11 is 0. The van der Waals surface area contributed by atoms with E-state index in [0.717, 1.165) is 12.0 Å². The molecular formula is C16H16N6O3S. The van der Waals surface area contributed by atoms with Gasteiger partial charge in [0.2, 0.25) is 0 Å². The van der Waals surface area contributed by atoms with E-state index in [1.54, 1.807) is 24.3 Å². The minimum absolute atomic E-state index is 0.0732. The SMILES string of the molecule is CCc1ccc(S(=O)(=O)NNC(=O)c2ccc(-n3cnnn3)cc2)cc1. The maximum Gasteiger partial charge on any atom is 0.266 e. The molecule has 0 saturated carbocycles. The van der Waals surface area contributed by atoms with Gasteiger partial charge in [0.05, 0.1) is 10.6 Å². The molecule has 0 spiro atoms. The first-order valence-corrected chi connectivity index (χ1v) is 9.22. The first-order chi connectivity index (χ1) is 12.5. The molecule has 2 N–H and O–H groups in total. The van der Waals surface area contributed by atoms with Crippen molar-refractivity contribution in [3.8, 4) is 5.69 Å². The molecule has 0 aliphatic heterocycles. The number of hydrogen-bond donors (Lipinski definition) is 2. The Bertz CT molecular complexity index is 983. The van der Waals surface area contributed by atoms with E-state index in [1.165, 1.54) is 35.3 Å². The van der Waals surface area contributed by atoms with Gasteiger partial charge in [0, 0.05) is 5.56 Å². The summed E-state index contributed by atoms with van der Waals surface area (Å²) in [7, 11) is -3.84. The van der Waals surface area contributed by atoms with Gasteiger partial charge in [-0.25, -0.2) is 13.1 Å². The lowest BCUT2D eigenvalue weighted by molar-refractivity contribution is 0.0945. The molecule has 3 aromatic rings. The predicted molar refractivity (Wildman–Crippen MR) is 92.8 cm³/mol. The Labute approximate surface area is 150 Å². The quantitative estimate of drug-likeness (QED) is 0.619. The second-order valence-corrected chi connectivity index (χ2v) is 7.04. The van der Waals surface area contributed by atoms with Gasteiger partial charge < -0.3 is 0 Å². The molecule has 134 valence electrons. The minimum Gasteiger partial charge on any atom is -0.273 e. The summed E-state index contributed by atoms with van der Waals surface area (Å²) in [4.78, 5) is 14.3. The van der Waals surface area contributed by atoms with Crippen molar-refractivity contribution in [1.29, 1.82) is 0 Å². The van der Waals surface area contributed by atoms with Gasteiger partial charge in [-0.05, 0) is 58.8 Å². The van der Waals surface area contributed by atoms with Crippen LogP contribution in [0.5, 0.6) is 0 Å². The number of carbonyl (C=O) groups excluding carboxylic acids is 1. The highest BCUT2D eigenvalue weighted by Gasteiger charge is 2.15. The summed E-state index contributed by atoms with van der Waals surface area (Å²) in [5, 5.41) is 10.8. The van der Waals surface area contributed by atoms with Gasteiger partial charge in [-0.1, -0.05) is 19.1 Å². The molecule has 2 aromatic carbocycles. The van der Waals surface area contributed by atoms with Crippen LogP contribution in [0.15, 0.2) is 59.8 Å². The molecule has 1 amide bonds. The maximum atomic E-state index is 12.2. The highest BCUT2D eigenvalue weighted by molar-refractivity contribution is 7.89. The molecule has 0 saturated heterocycles. The zero-order valence-corrected chi connectivity index (χ0v) is 14.6. The number of nitrogens with one attached hydrogen (secondary N) is 2. The second kappa shape index (κ2) is 7.42. The van der Waals surface area contributed by atoms with Crippen LogP contribution < -0.4 is 10.3 Å². The standard InChI is InChI=1S/C16H16N6O3S/c1-2-12-3-9-15(10-4-12)26(24,25)21-18-16(23)13-5-7-14(8-6-13)22-11-17-19-20-22/h3-11,21H,2H2,1H3,(H,18,23). The van der Waals surface area contributed by atoms with Crippen molar-refractivity contribution in [2.45, 2.75) is 18.2 Å². The first kappa shape index (κ1) is 17.7. The number of tetrazole rings is 1. The molecule has 0 aliphatic rings. The summed E-state index contributed by atoms with van der Waals surface area (Å²) in [6.45, 7) is 1.98. The third-order valence-electron chi connectivity index (χ3n) is 3.68. The van der Waals surface area contributed by atoms with E-state index in [4.69, 9.17) is 0 Å². The van der Waals surface area contributed by atoms with Gasteiger partial charge in [-0.3, -0.25) is 10.2 Å². The zero-order valence-electron chi connectivity index (χ0n) is 13.8. The number of aryl methyl sites for hydroxylation is 1. The smallest absolute Gasteiger partial charge is 0.266 e. The topological polar surface area (TPSA) is 119 Å². The highest BCUT2D eigenvalue weighted by Crippen LogP contribution is 2.11. The second-order valence-electron chi connectivity index (χ2n) is 5.36. The van der Waals surface area contributed by atoms with Crippen molar-refractivity contribution in [2.75, 3.05) is 0 Å². The lowest BCUT2D eigenvalue weighted by atomic mass is 10.2. The van der Waals surface area contributed by atoms with Gasteiger partial charge >= 0.3 is 0 Å². The molecule has 0 unspecified atom stereocenters. The maximum absolute atomic E-state index is 12.2. The predicted octanol–water partition coefficient (Wildman–Crippen LogP) is 0.848. The normalized spacial score (nSPS) is 11.3. The molecule has 0 fully saturated rings. The molecule has 10 heteroatoms. The summed E-state index contributed by atoms with van der Waals surface area (Å²) in [6.07, 6.45) is 2.23. The van der Waals surface area contributed by atoms with E-state index in [0.29, 0.717) is 5.69 Å². The summed E-state index contributed by atoms with van der Waals surface area (Å²) in [5.41, 5.74) is 4.17. The number of benzene rings is 2. The van der Waals surface area contributed by atoms with E-state index in [-0.39, 0.29) is 10.5 Å². The lowest BCUT2D eigenvalue weighted by Gasteiger charge is -2.09. The minimum atomic E-state index is -3.84. The average Bonchev–Trinajstić information content (AvgIpc) is 3.21. The van der Waals surface area contributed by atoms with Crippen molar-refractivity contribution < 1.29 is 13.2 Å². The van der Waals surface area contributed by atoms with E-state index < -0.39 is 15.9 Å².